The minimum Gasteiger partial charge on any atom is -0.307 e. The summed E-state index contributed by atoms with van der Waals surface area (Å²) in [6.45, 7) is 2.01. The summed E-state index contributed by atoms with van der Waals surface area (Å²) in [6, 6.07) is 7.71. The molecule has 0 spiro atoms. The van der Waals surface area contributed by atoms with Crippen LogP contribution in [0, 0.1) is 5.82 Å². The predicted molar refractivity (Wildman–Crippen MR) is 51.0 cm³/mol. The number of hydrogen-bond acceptors (Lipinski definition) is 1. The van der Waals surface area contributed by atoms with Crippen LogP contribution >= 0.6 is 0 Å². The highest BCUT2D eigenvalue weighted by atomic mass is 19.1. The number of hydrogen-bond donors (Lipinski definition) is 1. The van der Waals surface area contributed by atoms with E-state index < -0.39 is 0 Å². The van der Waals surface area contributed by atoms with Crippen molar-refractivity contribution >= 4 is 0 Å². The lowest BCUT2D eigenvalue weighted by Gasteiger charge is -2.13. The molecule has 0 radical (unpaired) electrons. The van der Waals surface area contributed by atoms with E-state index in [4.69, 9.17) is 0 Å². The van der Waals surface area contributed by atoms with Gasteiger partial charge in [-0.15, -0.1) is 0 Å². The molecule has 1 saturated carbocycles. The summed E-state index contributed by atoms with van der Waals surface area (Å²) in [5.74, 6) is -0.108. The Bertz CT molecular complexity index is 294. The smallest absolute Gasteiger partial charge is 0.127 e. The Morgan fingerprint density at radius 3 is 2.69 bits per heavy atom. The van der Waals surface area contributed by atoms with Crippen molar-refractivity contribution in [2.24, 2.45) is 0 Å². The molecule has 1 atom stereocenters. The fourth-order valence-electron chi connectivity index (χ4n) is 1.52. The Labute approximate surface area is 78.0 Å². The fraction of sp³-hybridized carbons (Fsp3) is 0.455. The van der Waals surface area contributed by atoms with Crippen molar-refractivity contribution in [2.75, 3.05) is 0 Å². The number of nitrogens with one attached hydrogen (secondary N) is 1. The molecule has 0 aliphatic heterocycles. The van der Waals surface area contributed by atoms with Crippen molar-refractivity contribution in [1.82, 2.24) is 5.32 Å². The Hall–Kier alpha value is -0.890. The standard InChI is InChI=1S/C11H14FN/c1-8(13-9-6-7-9)10-4-2-3-5-11(10)12/h2-5,8-9,13H,6-7H2,1H3/t8-/m0/s1. The maximum absolute atomic E-state index is 13.3. The summed E-state index contributed by atoms with van der Waals surface area (Å²) in [4.78, 5) is 0. The Balaban J connectivity index is 2.09. The summed E-state index contributed by atoms with van der Waals surface area (Å²) < 4.78 is 13.3. The molecule has 1 N–H and O–H groups in total. The molecule has 1 nitrogen and oxygen atoms in total. The monoisotopic (exact) mass is 179 g/mol. The van der Waals surface area contributed by atoms with Crippen LogP contribution in [0.3, 0.4) is 0 Å². The van der Waals surface area contributed by atoms with E-state index >= 15 is 0 Å². The van der Waals surface area contributed by atoms with Gasteiger partial charge in [-0.1, -0.05) is 18.2 Å². The average Bonchev–Trinajstić information content (AvgIpc) is 2.89. The molecule has 70 valence electrons. The molecule has 0 bridgehead atoms. The third-order valence-electron chi connectivity index (χ3n) is 2.43. The van der Waals surface area contributed by atoms with Gasteiger partial charge >= 0.3 is 0 Å². The zero-order valence-corrected chi connectivity index (χ0v) is 7.76. The second-order valence-corrected chi connectivity index (χ2v) is 3.68. The van der Waals surface area contributed by atoms with E-state index in [-0.39, 0.29) is 11.9 Å². The predicted octanol–water partition coefficient (Wildman–Crippen LogP) is 2.64. The quantitative estimate of drug-likeness (QED) is 0.752. The lowest BCUT2D eigenvalue weighted by molar-refractivity contribution is 0.526. The van der Waals surface area contributed by atoms with E-state index in [1.165, 1.54) is 18.9 Å². The molecule has 0 aromatic heterocycles. The average molecular weight is 179 g/mol. The van der Waals surface area contributed by atoms with E-state index in [0.717, 1.165) is 5.56 Å². The van der Waals surface area contributed by atoms with Crippen LogP contribution in [0.1, 0.15) is 31.4 Å². The van der Waals surface area contributed by atoms with Gasteiger partial charge in [-0.2, -0.15) is 0 Å². The minimum absolute atomic E-state index is 0.108. The number of halogens is 1. The number of rotatable bonds is 3. The second-order valence-electron chi connectivity index (χ2n) is 3.68. The minimum atomic E-state index is -0.108. The van der Waals surface area contributed by atoms with Crippen LogP contribution in [0.25, 0.3) is 0 Å². The van der Waals surface area contributed by atoms with E-state index in [0.29, 0.717) is 6.04 Å². The third kappa shape index (κ3) is 2.07. The lowest BCUT2D eigenvalue weighted by atomic mass is 10.1. The van der Waals surface area contributed by atoms with Crippen LogP contribution in [0.4, 0.5) is 4.39 Å². The summed E-state index contributed by atoms with van der Waals surface area (Å²) in [5, 5.41) is 3.37. The van der Waals surface area contributed by atoms with Crippen LogP contribution in [0.5, 0.6) is 0 Å². The van der Waals surface area contributed by atoms with Crippen molar-refractivity contribution in [2.45, 2.75) is 31.8 Å². The zero-order chi connectivity index (χ0) is 9.26. The van der Waals surface area contributed by atoms with Gasteiger partial charge in [0.15, 0.2) is 0 Å². The molecule has 1 aromatic carbocycles. The van der Waals surface area contributed by atoms with Gasteiger partial charge in [-0.25, -0.2) is 4.39 Å². The molecule has 0 unspecified atom stereocenters. The van der Waals surface area contributed by atoms with Gasteiger partial charge in [-0.05, 0) is 25.8 Å². The van der Waals surface area contributed by atoms with Gasteiger partial charge in [0, 0.05) is 17.6 Å². The van der Waals surface area contributed by atoms with Gasteiger partial charge < -0.3 is 5.32 Å². The SMILES string of the molecule is C[C@H](NC1CC1)c1ccccc1F. The molecule has 0 saturated heterocycles. The molecular weight excluding hydrogens is 165 g/mol. The molecule has 1 aliphatic carbocycles. The van der Waals surface area contributed by atoms with E-state index in [9.17, 15) is 4.39 Å². The van der Waals surface area contributed by atoms with Crippen LogP contribution in [0.2, 0.25) is 0 Å². The van der Waals surface area contributed by atoms with Crippen molar-refractivity contribution in [1.29, 1.82) is 0 Å². The van der Waals surface area contributed by atoms with Gasteiger partial charge in [0.05, 0.1) is 0 Å². The fourth-order valence-corrected chi connectivity index (χ4v) is 1.52. The Morgan fingerprint density at radius 1 is 1.38 bits per heavy atom. The highest BCUT2D eigenvalue weighted by Crippen LogP contribution is 2.24. The summed E-state index contributed by atoms with van der Waals surface area (Å²) >= 11 is 0. The van der Waals surface area contributed by atoms with Crippen LogP contribution in [0.15, 0.2) is 24.3 Å². The van der Waals surface area contributed by atoms with Crippen LogP contribution in [-0.4, -0.2) is 6.04 Å². The van der Waals surface area contributed by atoms with Gasteiger partial charge in [0.2, 0.25) is 0 Å². The Morgan fingerprint density at radius 2 is 2.08 bits per heavy atom. The normalized spacial score (nSPS) is 18.6. The first kappa shape index (κ1) is 8.70. The molecule has 2 rings (SSSR count). The highest BCUT2D eigenvalue weighted by molar-refractivity contribution is 5.20. The van der Waals surface area contributed by atoms with E-state index in [1.54, 1.807) is 6.07 Å². The molecule has 1 aliphatic rings. The zero-order valence-electron chi connectivity index (χ0n) is 7.76. The third-order valence-corrected chi connectivity index (χ3v) is 2.43. The van der Waals surface area contributed by atoms with Crippen molar-refractivity contribution in [3.05, 3.63) is 35.6 Å². The second kappa shape index (κ2) is 3.46. The first-order valence-corrected chi connectivity index (χ1v) is 4.78. The van der Waals surface area contributed by atoms with Crippen LogP contribution < -0.4 is 5.32 Å². The summed E-state index contributed by atoms with van der Waals surface area (Å²) in [7, 11) is 0. The maximum Gasteiger partial charge on any atom is 0.127 e. The number of benzene rings is 1. The molecule has 1 fully saturated rings. The van der Waals surface area contributed by atoms with Gasteiger partial charge in [-0.3, -0.25) is 0 Å². The van der Waals surface area contributed by atoms with Crippen LogP contribution in [-0.2, 0) is 0 Å². The molecular formula is C11H14FN. The largest absolute Gasteiger partial charge is 0.307 e. The summed E-state index contributed by atoms with van der Waals surface area (Å²) in [6.07, 6.45) is 2.47. The topological polar surface area (TPSA) is 12.0 Å². The molecule has 13 heavy (non-hydrogen) atoms. The van der Waals surface area contributed by atoms with Crippen molar-refractivity contribution in [3.63, 3.8) is 0 Å². The molecule has 0 heterocycles. The molecule has 2 heteroatoms. The molecule has 0 amide bonds. The maximum atomic E-state index is 13.3. The lowest BCUT2D eigenvalue weighted by Crippen LogP contribution is -2.21. The Kier molecular flexibility index (Phi) is 2.32. The van der Waals surface area contributed by atoms with Crippen molar-refractivity contribution in [3.8, 4) is 0 Å². The summed E-state index contributed by atoms with van der Waals surface area (Å²) in [5.41, 5.74) is 0.773. The van der Waals surface area contributed by atoms with Crippen molar-refractivity contribution < 1.29 is 4.39 Å². The first-order chi connectivity index (χ1) is 6.27. The molecule has 1 aromatic rings. The van der Waals surface area contributed by atoms with Gasteiger partial charge in [0.1, 0.15) is 5.82 Å². The van der Waals surface area contributed by atoms with E-state index in [1.807, 2.05) is 19.1 Å². The highest BCUT2D eigenvalue weighted by Gasteiger charge is 2.23. The first-order valence-electron chi connectivity index (χ1n) is 4.78. The van der Waals surface area contributed by atoms with E-state index in [2.05, 4.69) is 5.32 Å². The van der Waals surface area contributed by atoms with Gasteiger partial charge in [0.25, 0.3) is 0 Å².